The first-order valence-corrected chi connectivity index (χ1v) is 11.7. The van der Waals surface area contributed by atoms with E-state index in [4.69, 9.17) is 55.6 Å². The van der Waals surface area contributed by atoms with Crippen LogP contribution in [0.3, 0.4) is 0 Å². The molecule has 22 heavy (non-hydrogen) atoms. The molecule has 1 atom stereocenters. The molecular weight excluding hydrogens is 386 g/mol. The van der Waals surface area contributed by atoms with Gasteiger partial charge in [-0.2, -0.15) is 0 Å². The van der Waals surface area contributed by atoms with E-state index in [1.54, 1.807) is 13.8 Å². The summed E-state index contributed by atoms with van der Waals surface area (Å²) in [7, 11) is -1.96. The van der Waals surface area contributed by atoms with Gasteiger partial charge in [0.25, 0.3) is 0 Å². The molecule has 0 aliphatic rings. The van der Waals surface area contributed by atoms with Gasteiger partial charge in [-0.25, -0.2) is 0 Å². The Labute approximate surface area is 151 Å². The molecule has 0 fully saturated rings. The van der Waals surface area contributed by atoms with E-state index in [1.807, 2.05) is 19.6 Å². The Hall–Kier alpha value is -0.133. The van der Waals surface area contributed by atoms with Gasteiger partial charge in [0.1, 0.15) is 25.8 Å². The molecule has 124 valence electrons. The Balaban J connectivity index is 3.31. The highest BCUT2D eigenvalue weighted by molar-refractivity contribution is 6.70. The Morgan fingerprint density at radius 2 is 1.41 bits per heavy atom. The maximum Gasteiger partial charge on any atom is 0.242 e. The van der Waals surface area contributed by atoms with Crippen molar-refractivity contribution in [1.82, 2.24) is 0 Å². The Bertz CT molecular complexity index is 555. The lowest BCUT2D eigenvalue weighted by Crippen LogP contribution is -2.29. The van der Waals surface area contributed by atoms with Crippen molar-refractivity contribution in [3.63, 3.8) is 0 Å². The van der Waals surface area contributed by atoms with Crippen LogP contribution in [0.1, 0.15) is 20.3 Å². The number of ether oxygens (including phenoxy) is 1. The largest absolute Gasteiger partial charge is 0.542 e. The number of hydrogen-bond acceptors (Lipinski definition) is 3. The van der Waals surface area contributed by atoms with Crippen LogP contribution >= 0.6 is 46.4 Å². The van der Waals surface area contributed by atoms with Gasteiger partial charge in [0, 0.05) is 6.42 Å². The lowest BCUT2D eigenvalue weighted by Gasteiger charge is -2.24. The number of carbonyl (C=O) groups is 1. The standard InChI is InChI=1S/C14H18Cl4O3Si/c1-6-8(19)7(2)20-13-9(15)11(17)14(12(18)10(13)16)21-22(3,4)5/h7H,6H2,1-5H3. The number of benzene rings is 1. The first-order valence-electron chi connectivity index (χ1n) is 6.73. The second-order valence-corrected chi connectivity index (χ2v) is 11.6. The molecule has 0 amide bonds. The molecule has 0 bridgehead atoms. The molecule has 0 saturated heterocycles. The maximum absolute atomic E-state index is 11.7. The summed E-state index contributed by atoms with van der Waals surface area (Å²) in [6, 6.07) is 0. The zero-order chi connectivity index (χ0) is 17.2. The van der Waals surface area contributed by atoms with E-state index in [2.05, 4.69) is 0 Å². The van der Waals surface area contributed by atoms with Crippen LogP contribution in [0.5, 0.6) is 11.5 Å². The molecule has 0 N–H and O–H groups in total. The van der Waals surface area contributed by atoms with Gasteiger partial charge in [0.15, 0.2) is 17.6 Å². The summed E-state index contributed by atoms with van der Waals surface area (Å²) in [4.78, 5) is 11.7. The molecule has 0 aliphatic carbocycles. The molecule has 0 heterocycles. The van der Waals surface area contributed by atoms with E-state index in [-0.39, 0.29) is 37.4 Å². The Kier molecular flexibility index (Phi) is 6.90. The number of Topliss-reactive ketones (excluding diaryl/α,β-unsaturated/α-hetero) is 1. The number of ketones is 1. The van der Waals surface area contributed by atoms with Gasteiger partial charge in [0.05, 0.1) is 0 Å². The van der Waals surface area contributed by atoms with Crippen molar-refractivity contribution < 1.29 is 14.0 Å². The fourth-order valence-electron chi connectivity index (χ4n) is 1.62. The van der Waals surface area contributed by atoms with E-state index in [9.17, 15) is 4.79 Å². The minimum absolute atomic E-state index is 0.0817. The summed E-state index contributed by atoms with van der Waals surface area (Å²) in [6.07, 6.45) is -0.356. The molecule has 1 rings (SSSR count). The molecule has 1 unspecified atom stereocenters. The zero-order valence-corrected chi connectivity index (χ0v) is 17.0. The minimum atomic E-state index is -1.96. The Morgan fingerprint density at radius 1 is 1.00 bits per heavy atom. The molecule has 1 aromatic rings. The highest BCUT2D eigenvalue weighted by Gasteiger charge is 2.28. The van der Waals surface area contributed by atoms with Gasteiger partial charge in [0.2, 0.25) is 8.32 Å². The lowest BCUT2D eigenvalue weighted by molar-refractivity contribution is -0.124. The summed E-state index contributed by atoms with van der Waals surface area (Å²) < 4.78 is 11.4. The third kappa shape index (κ3) is 4.68. The van der Waals surface area contributed by atoms with Gasteiger partial charge in [-0.05, 0) is 26.6 Å². The van der Waals surface area contributed by atoms with Gasteiger partial charge in [-0.3, -0.25) is 4.79 Å². The van der Waals surface area contributed by atoms with E-state index in [0.29, 0.717) is 6.42 Å². The van der Waals surface area contributed by atoms with E-state index < -0.39 is 14.4 Å². The average Bonchev–Trinajstić information content (AvgIpc) is 2.43. The van der Waals surface area contributed by atoms with Crippen molar-refractivity contribution in [2.45, 2.75) is 46.0 Å². The first kappa shape index (κ1) is 19.9. The SMILES string of the molecule is CCC(=O)C(C)Oc1c(Cl)c(Cl)c(O[Si](C)(C)C)c(Cl)c1Cl. The van der Waals surface area contributed by atoms with Crippen LogP contribution in [0, 0.1) is 0 Å². The monoisotopic (exact) mass is 402 g/mol. The van der Waals surface area contributed by atoms with E-state index in [1.165, 1.54) is 0 Å². The second kappa shape index (κ2) is 7.62. The summed E-state index contributed by atoms with van der Waals surface area (Å²) in [6.45, 7) is 9.30. The highest BCUT2D eigenvalue weighted by Crippen LogP contribution is 2.50. The molecule has 1 aromatic carbocycles. The summed E-state index contributed by atoms with van der Waals surface area (Å²) in [5, 5.41) is 0.425. The average molecular weight is 404 g/mol. The van der Waals surface area contributed by atoms with E-state index >= 15 is 0 Å². The van der Waals surface area contributed by atoms with Crippen molar-refractivity contribution in [3.05, 3.63) is 20.1 Å². The smallest absolute Gasteiger partial charge is 0.242 e. The van der Waals surface area contributed by atoms with Crippen LogP contribution in [0.25, 0.3) is 0 Å². The van der Waals surface area contributed by atoms with Crippen molar-refractivity contribution in [2.24, 2.45) is 0 Å². The van der Waals surface area contributed by atoms with Crippen LogP contribution < -0.4 is 9.16 Å². The third-order valence-electron chi connectivity index (χ3n) is 2.69. The van der Waals surface area contributed by atoms with Gasteiger partial charge in [-0.15, -0.1) is 0 Å². The summed E-state index contributed by atoms with van der Waals surface area (Å²) in [5.74, 6) is 0.261. The van der Waals surface area contributed by atoms with Crippen molar-refractivity contribution in [2.75, 3.05) is 0 Å². The van der Waals surface area contributed by atoms with Crippen molar-refractivity contribution in [3.8, 4) is 11.5 Å². The molecule has 0 radical (unpaired) electrons. The highest BCUT2D eigenvalue weighted by atomic mass is 35.5. The topological polar surface area (TPSA) is 35.5 Å². The van der Waals surface area contributed by atoms with E-state index in [0.717, 1.165) is 0 Å². The zero-order valence-electron chi connectivity index (χ0n) is 13.0. The minimum Gasteiger partial charge on any atom is -0.542 e. The third-order valence-corrected chi connectivity index (χ3v) is 5.14. The quantitative estimate of drug-likeness (QED) is 0.415. The molecule has 0 aliphatic heterocycles. The fraction of sp³-hybridized carbons (Fsp3) is 0.500. The first-order chi connectivity index (χ1) is 9.99. The molecule has 8 heteroatoms. The summed E-state index contributed by atoms with van der Waals surface area (Å²) >= 11 is 24.9. The maximum atomic E-state index is 11.7. The Morgan fingerprint density at radius 3 is 1.77 bits per heavy atom. The number of carbonyl (C=O) groups excluding carboxylic acids is 1. The van der Waals surface area contributed by atoms with Crippen LogP contribution in [0.15, 0.2) is 0 Å². The van der Waals surface area contributed by atoms with Crippen LogP contribution in [-0.2, 0) is 4.79 Å². The van der Waals surface area contributed by atoms with Gasteiger partial charge < -0.3 is 9.16 Å². The molecule has 0 aromatic heterocycles. The van der Waals surface area contributed by atoms with Crippen molar-refractivity contribution in [1.29, 1.82) is 0 Å². The molecule has 0 spiro atoms. The van der Waals surface area contributed by atoms with Crippen LogP contribution in [-0.4, -0.2) is 20.2 Å². The van der Waals surface area contributed by atoms with Crippen molar-refractivity contribution >= 4 is 60.5 Å². The number of rotatable bonds is 6. The number of halogens is 4. The fourth-order valence-corrected chi connectivity index (χ4v) is 3.55. The normalized spacial score (nSPS) is 13.0. The van der Waals surface area contributed by atoms with Crippen LogP contribution in [0.2, 0.25) is 39.7 Å². The second-order valence-electron chi connectivity index (χ2n) is 5.71. The number of hydrogen-bond donors (Lipinski definition) is 0. The van der Waals surface area contributed by atoms with Gasteiger partial charge >= 0.3 is 0 Å². The molecule has 0 saturated carbocycles. The molecular formula is C14H18Cl4O3Si. The predicted molar refractivity (Wildman–Crippen MR) is 95.8 cm³/mol. The predicted octanol–water partition coefficient (Wildman–Crippen LogP) is 6.26. The molecule has 3 nitrogen and oxygen atoms in total. The summed E-state index contributed by atoms with van der Waals surface area (Å²) in [5.41, 5.74) is 0. The van der Waals surface area contributed by atoms with Crippen LogP contribution in [0.4, 0.5) is 0 Å². The lowest BCUT2D eigenvalue weighted by atomic mass is 10.2. The van der Waals surface area contributed by atoms with Gasteiger partial charge in [-0.1, -0.05) is 53.3 Å².